The number of benzene rings is 1. The van der Waals surface area contributed by atoms with Crippen LogP contribution in [0.3, 0.4) is 0 Å². The molecule has 0 bridgehead atoms. The molecule has 0 spiro atoms. The lowest BCUT2D eigenvalue weighted by atomic mass is 10.0. The zero-order valence-electron chi connectivity index (χ0n) is 16.6. The van der Waals surface area contributed by atoms with Gasteiger partial charge >= 0.3 is 5.69 Å². The maximum absolute atomic E-state index is 12.9. The van der Waals surface area contributed by atoms with Gasteiger partial charge in [-0.2, -0.15) is 0 Å². The molecule has 6 nitrogen and oxygen atoms in total. The molecule has 1 amide bonds. The number of thiophene rings is 1. The lowest BCUT2D eigenvalue weighted by Gasteiger charge is -2.14. The number of amides is 1. The second-order valence-electron chi connectivity index (χ2n) is 7.64. The molecule has 3 aromatic rings. The fourth-order valence-electron chi connectivity index (χ4n) is 3.13. The highest BCUT2D eigenvalue weighted by atomic mass is 32.1. The van der Waals surface area contributed by atoms with Crippen LogP contribution in [-0.4, -0.2) is 15.0 Å². The van der Waals surface area contributed by atoms with E-state index in [0.717, 1.165) is 5.56 Å². The van der Waals surface area contributed by atoms with Crippen LogP contribution in [-0.2, 0) is 17.9 Å². The third-order valence-electron chi connectivity index (χ3n) is 4.52. The van der Waals surface area contributed by atoms with Crippen LogP contribution in [0.1, 0.15) is 39.2 Å². The van der Waals surface area contributed by atoms with Crippen molar-refractivity contribution in [3.05, 3.63) is 62.1 Å². The van der Waals surface area contributed by atoms with E-state index in [0.29, 0.717) is 28.4 Å². The molecule has 0 radical (unpaired) electrons. The van der Waals surface area contributed by atoms with Crippen LogP contribution in [0, 0.1) is 5.92 Å². The Morgan fingerprint density at radius 1 is 1.11 bits per heavy atom. The van der Waals surface area contributed by atoms with Gasteiger partial charge in [0.05, 0.1) is 5.52 Å². The molecule has 0 fully saturated rings. The molecule has 0 aliphatic carbocycles. The van der Waals surface area contributed by atoms with Gasteiger partial charge < -0.3 is 5.32 Å². The van der Waals surface area contributed by atoms with Crippen molar-refractivity contribution >= 4 is 33.1 Å². The number of fused-ring (bicyclic) bond motifs is 1. The zero-order chi connectivity index (χ0) is 20.4. The van der Waals surface area contributed by atoms with E-state index in [1.807, 2.05) is 38.1 Å². The second kappa shape index (κ2) is 8.14. The summed E-state index contributed by atoms with van der Waals surface area (Å²) in [5, 5.41) is 4.63. The predicted molar refractivity (Wildman–Crippen MR) is 114 cm³/mol. The first-order chi connectivity index (χ1) is 13.3. The number of hydrogen-bond donors (Lipinski definition) is 1. The first-order valence-corrected chi connectivity index (χ1v) is 10.3. The Morgan fingerprint density at radius 2 is 1.86 bits per heavy atom. The van der Waals surface area contributed by atoms with Gasteiger partial charge in [0.25, 0.3) is 5.56 Å². The molecule has 0 saturated heterocycles. The van der Waals surface area contributed by atoms with E-state index in [1.54, 1.807) is 11.4 Å². The average molecular weight is 400 g/mol. The molecule has 3 rings (SSSR count). The number of nitrogens with one attached hydrogen (secondary N) is 1. The summed E-state index contributed by atoms with van der Waals surface area (Å²) < 4.78 is 3.11. The number of carbonyl (C=O) groups is 1. The quantitative estimate of drug-likeness (QED) is 0.688. The van der Waals surface area contributed by atoms with Crippen LogP contribution in [0.25, 0.3) is 10.2 Å². The summed E-state index contributed by atoms with van der Waals surface area (Å²) >= 11 is 1.29. The van der Waals surface area contributed by atoms with Crippen LogP contribution in [0.2, 0.25) is 0 Å². The van der Waals surface area contributed by atoms with Crippen molar-refractivity contribution in [3.63, 3.8) is 0 Å². The summed E-state index contributed by atoms with van der Waals surface area (Å²) in [7, 11) is 0. The minimum atomic E-state index is -0.448. The Labute approximate surface area is 167 Å². The van der Waals surface area contributed by atoms with Gasteiger partial charge in [-0.25, -0.2) is 4.79 Å². The molecule has 1 aromatic carbocycles. The van der Waals surface area contributed by atoms with Gasteiger partial charge in [-0.05, 0) is 41.0 Å². The molecule has 0 atom stereocenters. The molecular weight excluding hydrogens is 374 g/mol. The highest BCUT2D eigenvalue weighted by molar-refractivity contribution is 7.17. The topological polar surface area (TPSA) is 73.1 Å². The van der Waals surface area contributed by atoms with Gasteiger partial charge in [-0.15, -0.1) is 11.3 Å². The van der Waals surface area contributed by atoms with E-state index >= 15 is 0 Å². The first kappa shape index (κ1) is 20.1. The van der Waals surface area contributed by atoms with Gasteiger partial charge in [0.2, 0.25) is 5.91 Å². The molecule has 7 heteroatoms. The van der Waals surface area contributed by atoms with E-state index in [4.69, 9.17) is 0 Å². The molecule has 28 heavy (non-hydrogen) atoms. The van der Waals surface area contributed by atoms with Crippen molar-refractivity contribution in [3.8, 4) is 0 Å². The molecule has 0 unspecified atom stereocenters. The van der Waals surface area contributed by atoms with E-state index in [-0.39, 0.29) is 23.9 Å². The third kappa shape index (κ3) is 4.09. The van der Waals surface area contributed by atoms with E-state index in [1.165, 1.54) is 20.5 Å². The Morgan fingerprint density at radius 3 is 2.54 bits per heavy atom. The summed E-state index contributed by atoms with van der Waals surface area (Å²) in [6.45, 7) is 8.25. The maximum Gasteiger partial charge on any atom is 0.332 e. The van der Waals surface area contributed by atoms with Gasteiger partial charge in [0, 0.05) is 12.2 Å². The lowest BCUT2D eigenvalue weighted by Crippen LogP contribution is -2.42. The van der Waals surface area contributed by atoms with Crippen molar-refractivity contribution in [2.45, 2.75) is 46.7 Å². The molecule has 2 heterocycles. The molecule has 0 saturated carbocycles. The van der Waals surface area contributed by atoms with Crippen LogP contribution in [0.5, 0.6) is 0 Å². The summed E-state index contributed by atoms with van der Waals surface area (Å²) in [6.07, 6.45) is 0. The number of rotatable bonds is 6. The summed E-state index contributed by atoms with van der Waals surface area (Å²) in [4.78, 5) is 38.2. The fourth-order valence-corrected chi connectivity index (χ4v) is 3.97. The fraction of sp³-hybridized carbons (Fsp3) is 0.381. The molecule has 0 aliphatic rings. The molecule has 148 valence electrons. The smallest absolute Gasteiger partial charge is 0.325 e. The van der Waals surface area contributed by atoms with Gasteiger partial charge in [-0.1, -0.05) is 39.8 Å². The number of anilines is 1. The van der Waals surface area contributed by atoms with Crippen LogP contribution >= 0.6 is 11.3 Å². The van der Waals surface area contributed by atoms with Gasteiger partial charge in [0.15, 0.2) is 0 Å². The largest absolute Gasteiger partial charge is 0.332 e. The minimum absolute atomic E-state index is 0.142. The summed E-state index contributed by atoms with van der Waals surface area (Å²) in [6, 6.07) is 9.39. The SMILES string of the molecule is CC(C)Cn1c(=O)c2sccc2n(CC(=O)Nc2cccc(C(C)C)c2)c1=O. The molecule has 2 aromatic heterocycles. The molecule has 1 N–H and O–H groups in total. The minimum Gasteiger partial charge on any atom is -0.325 e. The monoisotopic (exact) mass is 399 g/mol. The first-order valence-electron chi connectivity index (χ1n) is 9.38. The maximum atomic E-state index is 12.9. The Balaban J connectivity index is 1.94. The average Bonchev–Trinajstić information content (AvgIpc) is 3.12. The number of carbonyl (C=O) groups excluding carboxylic acids is 1. The van der Waals surface area contributed by atoms with E-state index in [9.17, 15) is 14.4 Å². The normalized spacial score (nSPS) is 11.5. The van der Waals surface area contributed by atoms with Crippen molar-refractivity contribution < 1.29 is 4.79 Å². The zero-order valence-corrected chi connectivity index (χ0v) is 17.4. The molecule has 0 aliphatic heterocycles. The highest BCUT2D eigenvalue weighted by Gasteiger charge is 2.17. The van der Waals surface area contributed by atoms with E-state index < -0.39 is 5.69 Å². The summed E-state index contributed by atoms with van der Waals surface area (Å²) in [5.41, 5.74) is 1.59. The third-order valence-corrected chi connectivity index (χ3v) is 5.41. The van der Waals surface area contributed by atoms with Crippen molar-refractivity contribution in [2.75, 3.05) is 5.32 Å². The Bertz CT molecular complexity index is 1120. The van der Waals surface area contributed by atoms with Crippen molar-refractivity contribution in [1.82, 2.24) is 9.13 Å². The standard InChI is InChI=1S/C21H25N3O3S/c1-13(2)11-24-20(26)19-17(8-9-28-19)23(21(24)27)12-18(25)22-16-7-5-6-15(10-16)14(3)4/h5-10,13-14H,11-12H2,1-4H3,(H,22,25). The van der Waals surface area contributed by atoms with Crippen LogP contribution in [0.15, 0.2) is 45.3 Å². The summed E-state index contributed by atoms with van der Waals surface area (Å²) in [5.74, 6) is 0.193. The van der Waals surface area contributed by atoms with Gasteiger partial charge in [-0.3, -0.25) is 18.7 Å². The second-order valence-corrected chi connectivity index (χ2v) is 8.56. The number of aromatic nitrogens is 2. The lowest BCUT2D eigenvalue weighted by molar-refractivity contribution is -0.116. The number of hydrogen-bond acceptors (Lipinski definition) is 4. The van der Waals surface area contributed by atoms with E-state index in [2.05, 4.69) is 19.2 Å². The highest BCUT2D eigenvalue weighted by Crippen LogP contribution is 2.19. The predicted octanol–water partition coefficient (Wildman–Crippen LogP) is 3.64. The van der Waals surface area contributed by atoms with Crippen molar-refractivity contribution in [1.29, 1.82) is 0 Å². The van der Waals surface area contributed by atoms with Crippen LogP contribution < -0.4 is 16.6 Å². The van der Waals surface area contributed by atoms with Crippen LogP contribution in [0.4, 0.5) is 5.69 Å². The number of nitrogens with zero attached hydrogens (tertiary/aromatic N) is 2. The Hall–Kier alpha value is -2.67. The molecular formula is C21H25N3O3S. The van der Waals surface area contributed by atoms with Crippen molar-refractivity contribution in [2.24, 2.45) is 5.92 Å². The van der Waals surface area contributed by atoms with Gasteiger partial charge in [0.1, 0.15) is 11.2 Å². The Kier molecular flexibility index (Phi) is 5.84.